The van der Waals surface area contributed by atoms with E-state index in [1.54, 1.807) is 24.0 Å². The molecule has 114 valence electrons. The van der Waals surface area contributed by atoms with Gasteiger partial charge in [0.2, 0.25) is 0 Å². The van der Waals surface area contributed by atoms with Crippen molar-refractivity contribution >= 4 is 11.9 Å². The Morgan fingerprint density at radius 3 is 2.86 bits per heavy atom. The smallest absolute Gasteiger partial charge is 0.312 e. The van der Waals surface area contributed by atoms with Crippen LogP contribution < -0.4 is 11.1 Å². The highest BCUT2D eigenvalue weighted by Gasteiger charge is 2.27. The molecule has 1 aromatic carbocycles. The third kappa shape index (κ3) is 3.71. The standard InChI is InChI=1S/C15H20FN3O2/c1-10-5-6-11(8-13(10)16)14(20)19-7-3-2-4-12(19)9-18-15(17)21/h5-6,8,12H,2-4,7,9H2,1H3,(H3,17,18,21)/t12-/m0/s1. The molecule has 0 bridgehead atoms. The van der Waals surface area contributed by atoms with Gasteiger partial charge in [0.1, 0.15) is 5.82 Å². The number of nitrogens with two attached hydrogens (primary N) is 1. The minimum atomic E-state index is -0.602. The Kier molecular flexibility index (Phi) is 4.77. The number of likely N-dealkylation sites (tertiary alicyclic amines) is 1. The Bertz CT molecular complexity index is 548. The second-order valence-corrected chi connectivity index (χ2v) is 5.36. The minimum absolute atomic E-state index is 0.0943. The zero-order valence-electron chi connectivity index (χ0n) is 12.1. The number of nitrogens with one attached hydrogen (secondary N) is 1. The number of carbonyl (C=O) groups excluding carboxylic acids is 2. The van der Waals surface area contributed by atoms with Crippen LogP contribution in [0.3, 0.4) is 0 Å². The molecule has 21 heavy (non-hydrogen) atoms. The fourth-order valence-corrected chi connectivity index (χ4v) is 2.59. The number of hydrogen-bond acceptors (Lipinski definition) is 2. The number of nitrogens with zero attached hydrogens (tertiary/aromatic N) is 1. The number of carbonyl (C=O) groups is 2. The van der Waals surface area contributed by atoms with E-state index in [1.807, 2.05) is 0 Å². The number of piperidine rings is 1. The van der Waals surface area contributed by atoms with Crippen LogP contribution in [0, 0.1) is 12.7 Å². The molecule has 3 amide bonds. The fourth-order valence-electron chi connectivity index (χ4n) is 2.59. The summed E-state index contributed by atoms with van der Waals surface area (Å²) in [4.78, 5) is 25.1. The van der Waals surface area contributed by atoms with Gasteiger partial charge in [0.25, 0.3) is 5.91 Å². The molecule has 1 saturated heterocycles. The molecule has 0 aliphatic carbocycles. The van der Waals surface area contributed by atoms with Crippen molar-refractivity contribution in [1.29, 1.82) is 0 Å². The van der Waals surface area contributed by atoms with E-state index >= 15 is 0 Å². The Labute approximate surface area is 123 Å². The summed E-state index contributed by atoms with van der Waals surface area (Å²) in [5.41, 5.74) is 5.92. The highest BCUT2D eigenvalue weighted by Crippen LogP contribution is 2.20. The van der Waals surface area contributed by atoms with Gasteiger partial charge in [0.15, 0.2) is 0 Å². The summed E-state index contributed by atoms with van der Waals surface area (Å²) in [6.07, 6.45) is 2.71. The van der Waals surface area contributed by atoms with Gasteiger partial charge in [-0.1, -0.05) is 6.07 Å². The molecule has 2 rings (SSSR count). The molecule has 1 atom stereocenters. The van der Waals surface area contributed by atoms with Gasteiger partial charge in [-0.05, 0) is 43.9 Å². The first kappa shape index (κ1) is 15.3. The summed E-state index contributed by atoms with van der Waals surface area (Å²) in [5.74, 6) is -0.588. The maximum atomic E-state index is 13.6. The number of aryl methyl sites for hydroxylation is 1. The third-order valence-electron chi connectivity index (χ3n) is 3.82. The van der Waals surface area contributed by atoms with Crippen molar-refractivity contribution < 1.29 is 14.0 Å². The number of benzene rings is 1. The van der Waals surface area contributed by atoms with E-state index in [4.69, 9.17) is 5.73 Å². The number of primary amides is 1. The first-order valence-electron chi connectivity index (χ1n) is 7.09. The van der Waals surface area contributed by atoms with E-state index in [-0.39, 0.29) is 17.8 Å². The molecule has 1 aliphatic heterocycles. The molecule has 1 aromatic rings. The van der Waals surface area contributed by atoms with E-state index in [2.05, 4.69) is 5.32 Å². The van der Waals surface area contributed by atoms with E-state index in [0.29, 0.717) is 24.2 Å². The summed E-state index contributed by atoms with van der Waals surface area (Å²) in [7, 11) is 0. The van der Waals surface area contributed by atoms with E-state index in [1.165, 1.54) is 6.07 Å². The molecule has 1 heterocycles. The van der Waals surface area contributed by atoms with Crippen LogP contribution in [0.1, 0.15) is 35.2 Å². The first-order valence-corrected chi connectivity index (χ1v) is 7.09. The molecular weight excluding hydrogens is 273 g/mol. The van der Waals surface area contributed by atoms with Gasteiger partial charge < -0.3 is 16.0 Å². The molecule has 6 heteroatoms. The molecule has 0 unspecified atom stereocenters. The van der Waals surface area contributed by atoms with Crippen molar-refractivity contribution in [1.82, 2.24) is 10.2 Å². The fraction of sp³-hybridized carbons (Fsp3) is 0.467. The van der Waals surface area contributed by atoms with Gasteiger partial charge in [0, 0.05) is 24.7 Å². The quantitative estimate of drug-likeness (QED) is 0.891. The maximum Gasteiger partial charge on any atom is 0.312 e. The number of halogens is 1. The lowest BCUT2D eigenvalue weighted by Gasteiger charge is -2.35. The largest absolute Gasteiger partial charge is 0.352 e. The molecule has 0 aromatic heterocycles. The number of hydrogen-bond donors (Lipinski definition) is 2. The van der Waals surface area contributed by atoms with Crippen LogP contribution in [-0.2, 0) is 0 Å². The third-order valence-corrected chi connectivity index (χ3v) is 3.82. The van der Waals surface area contributed by atoms with Crippen LogP contribution in [0.2, 0.25) is 0 Å². The van der Waals surface area contributed by atoms with E-state index < -0.39 is 6.03 Å². The average Bonchev–Trinajstić information content (AvgIpc) is 2.47. The monoisotopic (exact) mass is 293 g/mol. The van der Waals surface area contributed by atoms with Crippen molar-refractivity contribution in [2.45, 2.75) is 32.2 Å². The predicted molar refractivity (Wildman–Crippen MR) is 77.4 cm³/mol. The molecule has 0 spiro atoms. The Hall–Kier alpha value is -2.11. The topological polar surface area (TPSA) is 75.4 Å². The van der Waals surface area contributed by atoms with E-state index in [9.17, 15) is 14.0 Å². The second kappa shape index (κ2) is 6.56. The summed E-state index contributed by atoms with van der Waals surface area (Å²) in [6, 6.07) is 3.81. The molecule has 5 nitrogen and oxygen atoms in total. The lowest BCUT2D eigenvalue weighted by molar-refractivity contribution is 0.0614. The van der Waals surface area contributed by atoms with Crippen LogP contribution in [-0.4, -0.2) is 36.0 Å². The van der Waals surface area contributed by atoms with Crippen molar-refractivity contribution in [3.05, 3.63) is 35.1 Å². The van der Waals surface area contributed by atoms with Gasteiger partial charge in [-0.2, -0.15) is 0 Å². The van der Waals surface area contributed by atoms with Crippen molar-refractivity contribution in [2.24, 2.45) is 5.73 Å². The summed E-state index contributed by atoms with van der Waals surface area (Å²) in [6.45, 7) is 2.60. The first-order chi connectivity index (χ1) is 9.99. The Morgan fingerprint density at radius 2 is 2.19 bits per heavy atom. The SMILES string of the molecule is Cc1ccc(C(=O)N2CCCC[C@H]2CNC(N)=O)cc1F. The molecule has 3 N–H and O–H groups in total. The summed E-state index contributed by atoms with van der Waals surface area (Å²) in [5, 5.41) is 2.54. The van der Waals surface area contributed by atoms with Crippen LogP contribution in [0.25, 0.3) is 0 Å². The zero-order chi connectivity index (χ0) is 15.4. The van der Waals surface area contributed by atoms with Gasteiger partial charge in [-0.15, -0.1) is 0 Å². The lowest BCUT2D eigenvalue weighted by Crippen LogP contribution is -2.50. The molecule has 0 radical (unpaired) electrons. The number of amides is 3. The molecular formula is C15H20FN3O2. The van der Waals surface area contributed by atoms with Crippen LogP contribution in [0.4, 0.5) is 9.18 Å². The Balaban J connectivity index is 2.13. The number of urea groups is 1. The van der Waals surface area contributed by atoms with E-state index in [0.717, 1.165) is 19.3 Å². The van der Waals surface area contributed by atoms with Gasteiger partial charge in [0.05, 0.1) is 0 Å². The number of rotatable bonds is 3. The highest BCUT2D eigenvalue weighted by atomic mass is 19.1. The highest BCUT2D eigenvalue weighted by molar-refractivity contribution is 5.94. The van der Waals surface area contributed by atoms with Crippen LogP contribution in [0.15, 0.2) is 18.2 Å². The minimum Gasteiger partial charge on any atom is -0.352 e. The molecule has 1 fully saturated rings. The van der Waals surface area contributed by atoms with Crippen molar-refractivity contribution in [2.75, 3.05) is 13.1 Å². The molecule has 0 saturated carbocycles. The molecule has 1 aliphatic rings. The predicted octanol–water partition coefficient (Wildman–Crippen LogP) is 1.80. The normalized spacial score (nSPS) is 18.4. The second-order valence-electron chi connectivity index (χ2n) is 5.36. The summed E-state index contributed by atoms with van der Waals surface area (Å²) >= 11 is 0. The van der Waals surface area contributed by atoms with Gasteiger partial charge >= 0.3 is 6.03 Å². The summed E-state index contributed by atoms with van der Waals surface area (Å²) < 4.78 is 13.6. The van der Waals surface area contributed by atoms with Crippen molar-refractivity contribution in [3.63, 3.8) is 0 Å². The van der Waals surface area contributed by atoms with Crippen molar-refractivity contribution in [3.8, 4) is 0 Å². The Morgan fingerprint density at radius 1 is 1.43 bits per heavy atom. The maximum absolute atomic E-state index is 13.6. The van der Waals surface area contributed by atoms with Crippen LogP contribution in [0.5, 0.6) is 0 Å². The van der Waals surface area contributed by atoms with Crippen LogP contribution >= 0.6 is 0 Å². The van der Waals surface area contributed by atoms with Gasteiger partial charge in [-0.25, -0.2) is 9.18 Å². The average molecular weight is 293 g/mol. The zero-order valence-corrected chi connectivity index (χ0v) is 12.1. The van der Waals surface area contributed by atoms with Gasteiger partial charge in [-0.3, -0.25) is 4.79 Å². The lowest BCUT2D eigenvalue weighted by atomic mass is 10.0.